The van der Waals surface area contributed by atoms with Crippen LogP contribution in [0, 0.1) is 0 Å². The number of para-hydroxylation sites is 1. The summed E-state index contributed by atoms with van der Waals surface area (Å²) in [6, 6.07) is 78.7. The Morgan fingerprint density at radius 2 is 0.710 bits per heavy atom. The van der Waals surface area contributed by atoms with Crippen LogP contribution in [-0.2, 0) is 5.41 Å². The Kier molecular flexibility index (Phi) is 7.49. The fourth-order valence-corrected chi connectivity index (χ4v) is 10.4. The fourth-order valence-electron chi connectivity index (χ4n) is 10.4. The number of rotatable bonds is 5. The van der Waals surface area contributed by atoms with Crippen LogP contribution in [-0.4, -0.2) is 19.5 Å². The predicted molar refractivity (Wildman–Crippen MR) is 252 cm³/mol. The first kappa shape index (κ1) is 34.6. The molecule has 0 fully saturated rings. The van der Waals surface area contributed by atoms with Crippen LogP contribution >= 0.6 is 0 Å². The zero-order valence-corrected chi connectivity index (χ0v) is 33.6. The maximum atomic E-state index is 4.95. The molecule has 4 nitrogen and oxygen atoms in total. The molecule has 0 N–H and O–H groups in total. The van der Waals surface area contributed by atoms with Crippen LogP contribution in [0.1, 0.15) is 22.3 Å². The molecule has 2 aromatic heterocycles. The number of benzene rings is 9. The Balaban J connectivity index is 0.921. The molecule has 0 bridgehead atoms. The summed E-state index contributed by atoms with van der Waals surface area (Å²) >= 11 is 0. The van der Waals surface area contributed by atoms with E-state index in [-0.39, 0.29) is 0 Å². The van der Waals surface area contributed by atoms with Gasteiger partial charge in [0.1, 0.15) is 0 Å². The van der Waals surface area contributed by atoms with E-state index < -0.39 is 5.41 Å². The molecule has 2 heterocycles. The van der Waals surface area contributed by atoms with Crippen molar-refractivity contribution in [1.29, 1.82) is 0 Å². The minimum atomic E-state index is -0.405. The molecule has 11 aromatic rings. The molecule has 9 aromatic carbocycles. The van der Waals surface area contributed by atoms with Gasteiger partial charge in [-0.05, 0) is 86.0 Å². The monoisotopic (exact) mass is 788 g/mol. The lowest BCUT2D eigenvalue weighted by Gasteiger charge is -2.30. The topological polar surface area (TPSA) is 43.6 Å². The average Bonchev–Trinajstić information content (AvgIpc) is 3.95. The van der Waals surface area contributed by atoms with Gasteiger partial charge in [-0.3, -0.25) is 0 Å². The summed E-state index contributed by atoms with van der Waals surface area (Å²) in [4.78, 5) is 14.8. The third-order valence-electron chi connectivity index (χ3n) is 13.1. The summed E-state index contributed by atoms with van der Waals surface area (Å²) in [5.74, 6) is 1.95. The van der Waals surface area contributed by atoms with Gasteiger partial charge in [0, 0.05) is 33.2 Å². The van der Waals surface area contributed by atoms with Crippen LogP contribution in [0.4, 0.5) is 0 Å². The van der Waals surface area contributed by atoms with E-state index in [0.717, 1.165) is 33.5 Å². The molecular formula is C58H36N4. The van der Waals surface area contributed by atoms with Crippen molar-refractivity contribution in [3.8, 4) is 73.2 Å². The number of hydrogen-bond donors (Lipinski definition) is 0. The average molecular weight is 789 g/mol. The molecule has 2 aliphatic rings. The smallest absolute Gasteiger partial charge is 0.164 e. The normalized spacial score (nSPS) is 13.0. The molecule has 4 heteroatoms. The van der Waals surface area contributed by atoms with Crippen LogP contribution in [0.15, 0.2) is 218 Å². The lowest BCUT2D eigenvalue weighted by atomic mass is 9.70. The van der Waals surface area contributed by atoms with E-state index in [1.807, 2.05) is 60.7 Å². The highest BCUT2D eigenvalue weighted by atomic mass is 15.0. The van der Waals surface area contributed by atoms with Gasteiger partial charge >= 0.3 is 0 Å². The van der Waals surface area contributed by atoms with Gasteiger partial charge in [-0.25, -0.2) is 15.0 Å². The van der Waals surface area contributed by atoms with Gasteiger partial charge < -0.3 is 4.57 Å². The van der Waals surface area contributed by atoms with Gasteiger partial charge in [-0.15, -0.1) is 0 Å². The Labute approximate surface area is 359 Å². The Bertz CT molecular complexity index is 3450. The standard InChI is InChI=1S/C58H36N4/c1-3-15-39(16-4-1)55-59-56(40-17-5-2-6-18-40)61-57(60-55)41-29-27-37(28-30-41)38-31-33-42(34-32-38)62-53-26-14-10-22-46(53)48-35-47-45-21-9-13-25-51(45)58(52(47)36-54(48)62)49-23-11-7-19-43(49)44-20-8-12-24-50(44)58/h1-36H. The van der Waals surface area contributed by atoms with E-state index in [1.165, 1.54) is 66.3 Å². The van der Waals surface area contributed by atoms with E-state index >= 15 is 0 Å². The van der Waals surface area contributed by atoms with Crippen molar-refractivity contribution in [3.05, 3.63) is 241 Å². The van der Waals surface area contributed by atoms with E-state index in [2.05, 4.69) is 162 Å². The number of fused-ring (bicyclic) bond motifs is 13. The van der Waals surface area contributed by atoms with Crippen molar-refractivity contribution >= 4 is 21.8 Å². The summed E-state index contributed by atoms with van der Waals surface area (Å²) in [5.41, 5.74) is 18.9. The molecule has 62 heavy (non-hydrogen) atoms. The minimum Gasteiger partial charge on any atom is -0.309 e. The molecular weight excluding hydrogens is 753 g/mol. The van der Waals surface area contributed by atoms with Gasteiger partial charge in [0.2, 0.25) is 0 Å². The quantitative estimate of drug-likeness (QED) is 0.174. The molecule has 2 aliphatic carbocycles. The zero-order chi connectivity index (χ0) is 40.8. The third kappa shape index (κ3) is 4.98. The molecule has 0 unspecified atom stereocenters. The second-order valence-corrected chi connectivity index (χ2v) is 16.3. The van der Waals surface area contributed by atoms with Gasteiger partial charge in [0.25, 0.3) is 0 Å². The molecule has 0 saturated heterocycles. The summed E-state index contributed by atoms with van der Waals surface area (Å²) < 4.78 is 2.46. The van der Waals surface area contributed by atoms with E-state index in [1.54, 1.807) is 0 Å². The van der Waals surface area contributed by atoms with Crippen LogP contribution in [0.2, 0.25) is 0 Å². The molecule has 0 aliphatic heterocycles. The van der Waals surface area contributed by atoms with E-state index in [0.29, 0.717) is 17.5 Å². The molecule has 1 spiro atoms. The zero-order valence-electron chi connectivity index (χ0n) is 33.6. The predicted octanol–water partition coefficient (Wildman–Crippen LogP) is 14.0. The molecule has 13 rings (SSSR count). The van der Waals surface area contributed by atoms with Gasteiger partial charge in [0.15, 0.2) is 17.5 Å². The Morgan fingerprint density at radius 3 is 1.26 bits per heavy atom. The van der Waals surface area contributed by atoms with E-state index in [4.69, 9.17) is 15.0 Å². The summed E-state index contributed by atoms with van der Waals surface area (Å²) in [6.07, 6.45) is 0. The molecule has 0 saturated carbocycles. The number of nitrogens with zero attached hydrogens (tertiary/aromatic N) is 4. The largest absolute Gasteiger partial charge is 0.309 e. The first-order chi connectivity index (χ1) is 30.7. The Hall–Kier alpha value is -8.21. The SMILES string of the molecule is c1ccc(-c2nc(-c3ccccc3)nc(-c3ccc(-c4ccc(-n5c6ccccc6c6cc7c(cc65)C5(c6ccccc6-c6ccccc65)c5ccccc5-7)cc4)cc3)n2)cc1. The highest BCUT2D eigenvalue weighted by molar-refractivity contribution is 6.12. The summed E-state index contributed by atoms with van der Waals surface area (Å²) in [6.45, 7) is 0. The maximum Gasteiger partial charge on any atom is 0.164 e. The van der Waals surface area contributed by atoms with Crippen LogP contribution in [0.25, 0.3) is 95.0 Å². The lowest BCUT2D eigenvalue weighted by Crippen LogP contribution is -2.25. The highest BCUT2D eigenvalue weighted by Gasteiger charge is 2.51. The van der Waals surface area contributed by atoms with Crippen LogP contribution in [0.3, 0.4) is 0 Å². The first-order valence-electron chi connectivity index (χ1n) is 21.2. The first-order valence-corrected chi connectivity index (χ1v) is 21.2. The third-order valence-corrected chi connectivity index (χ3v) is 13.1. The molecule has 288 valence electrons. The van der Waals surface area contributed by atoms with Crippen molar-refractivity contribution in [2.24, 2.45) is 0 Å². The number of aromatic nitrogens is 4. The van der Waals surface area contributed by atoms with Crippen molar-refractivity contribution in [2.75, 3.05) is 0 Å². The second kappa shape index (κ2) is 13.4. The van der Waals surface area contributed by atoms with E-state index in [9.17, 15) is 0 Å². The fraction of sp³-hybridized carbons (Fsp3) is 0.0172. The number of hydrogen-bond acceptors (Lipinski definition) is 3. The second-order valence-electron chi connectivity index (χ2n) is 16.3. The minimum absolute atomic E-state index is 0.405. The van der Waals surface area contributed by atoms with Gasteiger partial charge in [0.05, 0.1) is 16.4 Å². The van der Waals surface area contributed by atoms with Crippen molar-refractivity contribution < 1.29 is 0 Å². The highest BCUT2D eigenvalue weighted by Crippen LogP contribution is 2.63. The maximum absolute atomic E-state index is 4.95. The molecule has 0 atom stereocenters. The van der Waals surface area contributed by atoms with Gasteiger partial charge in [-0.1, -0.05) is 188 Å². The van der Waals surface area contributed by atoms with Gasteiger partial charge in [-0.2, -0.15) is 0 Å². The Morgan fingerprint density at radius 1 is 0.290 bits per heavy atom. The van der Waals surface area contributed by atoms with Crippen molar-refractivity contribution in [2.45, 2.75) is 5.41 Å². The van der Waals surface area contributed by atoms with Crippen molar-refractivity contribution in [3.63, 3.8) is 0 Å². The molecule has 0 radical (unpaired) electrons. The molecule has 0 amide bonds. The summed E-state index contributed by atoms with van der Waals surface area (Å²) in [7, 11) is 0. The van der Waals surface area contributed by atoms with Crippen molar-refractivity contribution in [1.82, 2.24) is 19.5 Å². The van der Waals surface area contributed by atoms with Crippen LogP contribution < -0.4 is 0 Å². The van der Waals surface area contributed by atoms with Crippen LogP contribution in [0.5, 0.6) is 0 Å². The summed E-state index contributed by atoms with van der Waals surface area (Å²) in [5, 5.41) is 2.51. The lowest BCUT2D eigenvalue weighted by molar-refractivity contribution is 0.794.